The molecule has 0 unspecified atom stereocenters. The first-order valence-corrected chi connectivity index (χ1v) is 9.37. The van der Waals surface area contributed by atoms with Gasteiger partial charge in [-0.05, 0) is 6.42 Å². The van der Waals surface area contributed by atoms with Crippen molar-refractivity contribution in [1.29, 1.82) is 0 Å². The van der Waals surface area contributed by atoms with Gasteiger partial charge in [-0.15, -0.1) is 0 Å². The van der Waals surface area contributed by atoms with Gasteiger partial charge in [0.25, 0.3) is 11.8 Å². The Balaban J connectivity index is 1.75. The van der Waals surface area contributed by atoms with E-state index < -0.39 is 47.7 Å². The molecular formula is C16H20N10O6. The molecule has 1 fully saturated rings. The van der Waals surface area contributed by atoms with Gasteiger partial charge in [-0.1, -0.05) is 0 Å². The Kier molecular flexibility index (Phi) is 6.71. The van der Waals surface area contributed by atoms with E-state index >= 15 is 0 Å². The summed E-state index contributed by atoms with van der Waals surface area (Å²) >= 11 is 0. The van der Waals surface area contributed by atoms with Crippen LogP contribution in [0.3, 0.4) is 0 Å². The lowest BCUT2D eigenvalue weighted by atomic mass is 10.1. The fourth-order valence-electron chi connectivity index (χ4n) is 3.15. The standard InChI is InChI=1S/C16H20N10O6/c1-7(27)17-3-11(16(31)32)21-14(29)12-2-8(20-13(28)9-4-18-24-22-9)6-26(12)15(30)10-5-19-25-23-10/h4-5,8,11-12H,2-3,6H2,1H3,(H,17,27)(H,20,28)(H,21,29)(H,31,32)(H,18,22,24)(H,19,23,25)/t8-,11+,12+/m1/s1. The number of amides is 4. The molecular weight excluding hydrogens is 428 g/mol. The van der Waals surface area contributed by atoms with Crippen molar-refractivity contribution in [2.75, 3.05) is 13.1 Å². The van der Waals surface area contributed by atoms with E-state index in [4.69, 9.17) is 0 Å². The Bertz CT molecular complexity index is 991. The van der Waals surface area contributed by atoms with E-state index in [2.05, 4.69) is 46.8 Å². The van der Waals surface area contributed by atoms with Crippen molar-refractivity contribution in [1.82, 2.24) is 51.7 Å². The molecule has 1 saturated heterocycles. The van der Waals surface area contributed by atoms with Gasteiger partial charge in [0.05, 0.1) is 12.4 Å². The molecule has 32 heavy (non-hydrogen) atoms. The van der Waals surface area contributed by atoms with Crippen LogP contribution in [0, 0.1) is 0 Å². The highest BCUT2D eigenvalue weighted by Gasteiger charge is 2.42. The van der Waals surface area contributed by atoms with Gasteiger partial charge in [0.1, 0.15) is 12.1 Å². The van der Waals surface area contributed by atoms with Gasteiger partial charge in [0, 0.05) is 26.1 Å². The molecule has 3 rings (SSSR count). The number of carbonyl (C=O) groups is 5. The molecule has 3 atom stereocenters. The number of aliphatic carboxylic acids is 1. The van der Waals surface area contributed by atoms with Crippen molar-refractivity contribution in [3.8, 4) is 0 Å². The number of rotatable bonds is 8. The van der Waals surface area contributed by atoms with E-state index in [1.54, 1.807) is 0 Å². The normalized spacial score (nSPS) is 18.6. The molecule has 4 amide bonds. The third kappa shape index (κ3) is 5.21. The highest BCUT2D eigenvalue weighted by atomic mass is 16.4. The second kappa shape index (κ2) is 9.63. The van der Waals surface area contributed by atoms with E-state index in [9.17, 15) is 29.1 Å². The molecule has 0 spiro atoms. The van der Waals surface area contributed by atoms with Crippen LogP contribution in [-0.2, 0) is 14.4 Å². The predicted octanol–water partition coefficient (Wildman–Crippen LogP) is -3.36. The number of hydrogen-bond acceptors (Lipinski definition) is 9. The van der Waals surface area contributed by atoms with Crippen LogP contribution in [0.5, 0.6) is 0 Å². The number of nitrogens with zero attached hydrogens (tertiary/aromatic N) is 5. The maximum absolute atomic E-state index is 12.9. The summed E-state index contributed by atoms with van der Waals surface area (Å²) in [7, 11) is 0. The number of hydrogen-bond donors (Lipinski definition) is 6. The molecule has 0 aromatic carbocycles. The van der Waals surface area contributed by atoms with Gasteiger partial charge in [-0.25, -0.2) is 4.79 Å². The Morgan fingerprint density at radius 2 is 1.81 bits per heavy atom. The van der Waals surface area contributed by atoms with E-state index in [1.807, 2.05) is 0 Å². The predicted molar refractivity (Wildman–Crippen MR) is 102 cm³/mol. The molecule has 3 heterocycles. The Morgan fingerprint density at radius 1 is 1.16 bits per heavy atom. The van der Waals surface area contributed by atoms with E-state index in [0.29, 0.717) is 0 Å². The van der Waals surface area contributed by atoms with Crippen LogP contribution in [0.2, 0.25) is 0 Å². The van der Waals surface area contributed by atoms with Crippen LogP contribution < -0.4 is 16.0 Å². The van der Waals surface area contributed by atoms with Crippen molar-refractivity contribution in [2.24, 2.45) is 0 Å². The Hall–Kier alpha value is -4.37. The molecule has 2 aromatic heterocycles. The minimum Gasteiger partial charge on any atom is -0.480 e. The van der Waals surface area contributed by atoms with Crippen molar-refractivity contribution >= 4 is 29.6 Å². The molecule has 16 heteroatoms. The maximum atomic E-state index is 12.9. The fraction of sp³-hybridized carbons (Fsp3) is 0.438. The van der Waals surface area contributed by atoms with Crippen LogP contribution in [0.4, 0.5) is 0 Å². The monoisotopic (exact) mass is 448 g/mol. The van der Waals surface area contributed by atoms with Gasteiger partial charge < -0.3 is 26.0 Å². The van der Waals surface area contributed by atoms with Crippen molar-refractivity contribution in [3.63, 3.8) is 0 Å². The topological polar surface area (TPSA) is 228 Å². The van der Waals surface area contributed by atoms with Crippen LogP contribution >= 0.6 is 0 Å². The average Bonchev–Trinajstić information content (AvgIpc) is 3.51. The van der Waals surface area contributed by atoms with Crippen LogP contribution in [-0.4, -0.2) is 102 Å². The van der Waals surface area contributed by atoms with E-state index in [-0.39, 0.29) is 30.9 Å². The summed E-state index contributed by atoms with van der Waals surface area (Å²) in [5, 5.41) is 35.7. The zero-order valence-electron chi connectivity index (χ0n) is 16.7. The number of nitrogens with one attached hydrogen (secondary N) is 5. The summed E-state index contributed by atoms with van der Waals surface area (Å²) in [6.45, 7) is 0.821. The molecule has 2 aromatic rings. The summed E-state index contributed by atoms with van der Waals surface area (Å²) in [4.78, 5) is 61.7. The second-order valence-electron chi connectivity index (χ2n) is 6.93. The van der Waals surface area contributed by atoms with Crippen molar-refractivity contribution < 1.29 is 29.1 Å². The van der Waals surface area contributed by atoms with Crippen LogP contribution in [0.15, 0.2) is 12.4 Å². The molecule has 0 radical (unpaired) electrons. The molecule has 1 aliphatic rings. The zero-order chi connectivity index (χ0) is 23.3. The summed E-state index contributed by atoms with van der Waals surface area (Å²) < 4.78 is 0. The van der Waals surface area contributed by atoms with E-state index in [0.717, 1.165) is 4.90 Å². The summed E-state index contributed by atoms with van der Waals surface area (Å²) in [5.74, 6) is -3.79. The highest BCUT2D eigenvalue weighted by Crippen LogP contribution is 2.21. The van der Waals surface area contributed by atoms with Crippen molar-refractivity contribution in [3.05, 3.63) is 23.8 Å². The number of carboxylic acid groups (broad SMARTS) is 1. The van der Waals surface area contributed by atoms with Gasteiger partial charge in [-0.3, -0.25) is 19.2 Å². The third-order valence-electron chi connectivity index (χ3n) is 4.65. The number of aromatic amines is 2. The largest absolute Gasteiger partial charge is 0.480 e. The molecule has 6 N–H and O–H groups in total. The Labute approximate surface area is 179 Å². The number of likely N-dealkylation sites (tertiary alicyclic amines) is 1. The van der Waals surface area contributed by atoms with Gasteiger partial charge >= 0.3 is 5.97 Å². The fourth-order valence-corrected chi connectivity index (χ4v) is 3.15. The Morgan fingerprint density at radius 3 is 2.38 bits per heavy atom. The minimum absolute atomic E-state index is 0.00545. The lowest BCUT2D eigenvalue weighted by Crippen LogP contribution is -2.54. The summed E-state index contributed by atoms with van der Waals surface area (Å²) in [5.41, 5.74) is -0.0344. The summed E-state index contributed by atoms with van der Waals surface area (Å²) in [6.07, 6.45) is 2.40. The highest BCUT2D eigenvalue weighted by molar-refractivity contribution is 5.97. The first-order valence-electron chi connectivity index (χ1n) is 9.37. The number of carbonyl (C=O) groups excluding carboxylic acids is 4. The SMILES string of the molecule is CC(=O)NC[C@H](NC(=O)[C@@H]1C[C@@H](NC(=O)c2cn[nH]n2)CN1C(=O)c1cn[nH]n1)C(=O)O. The van der Waals surface area contributed by atoms with Gasteiger partial charge in [0.2, 0.25) is 11.8 Å². The maximum Gasteiger partial charge on any atom is 0.328 e. The molecule has 0 saturated carbocycles. The smallest absolute Gasteiger partial charge is 0.328 e. The zero-order valence-corrected chi connectivity index (χ0v) is 16.7. The second-order valence-corrected chi connectivity index (χ2v) is 6.93. The van der Waals surface area contributed by atoms with E-state index in [1.165, 1.54) is 19.3 Å². The molecule has 0 bridgehead atoms. The number of carboxylic acids is 1. The third-order valence-corrected chi connectivity index (χ3v) is 4.65. The molecule has 0 aliphatic carbocycles. The summed E-state index contributed by atoms with van der Waals surface area (Å²) in [6, 6.07) is -3.16. The molecule has 170 valence electrons. The van der Waals surface area contributed by atoms with Gasteiger partial charge in [-0.2, -0.15) is 30.8 Å². The molecule has 16 nitrogen and oxygen atoms in total. The lowest BCUT2D eigenvalue weighted by molar-refractivity contribution is -0.142. The quantitative estimate of drug-likeness (QED) is 0.235. The van der Waals surface area contributed by atoms with Crippen LogP contribution in [0.1, 0.15) is 34.3 Å². The number of aromatic nitrogens is 6. The molecule has 1 aliphatic heterocycles. The van der Waals surface area contributed by atoms with Crippen LogP contribution in [0.25, 0.3) is 0 Å². The van der Waals surface area contributed by atoms with Gasteiger partial charge in [0.15, 0.2) is 11.4 Å². The first-order chi connectivity index (χ1) is 15.3. The average molecular weight is 448 g/mol. The van der Waals surface area contributed by atoms with Crippen molar-refractivity contribution in [2.45, 2.75) is 31.5 Å². The number of H-pyrrole nitrogens is 2. The lowest BCUT2D eigenvalue weighted by Gasteiger charge is -2.24. The minimum atomic E-state index is -1.42. The first kappa shape index (κ1) is 22.3.